The van der Waals surface area contributed by atoms with Crippen LogP contribution < -0.4 is 5.73 Å². The van der Waals surface area contributed by atoms with Crippen LogP contribution in [0.25, 0.3) is 0 Å². The minimum absolute atomic E-state index is 0.278. The molecular formula is C11H14ClNO2. The standard InChI is InChI=1S/C11H14ClNO2/c1-2-3-7-15-11(14)8-5-4-6-9(12)10(8)13/h4-6H,2-3,7,13H2,1H3. The summed E-state index contributed by atoms with van der Waals surface area (Å²) in [6.07, 6.45) is 1.84. The SMILES string of the molecule is CCCCOC(=O)c1cccc(Cl)c1N. The number of carbonyl (C=O) groups excluding carboxylic acids is 1. The van der Waals surface area contributed by atoms with E-state index in [1.807, 2.05) is 6.92 Å². The molecule has 0 radical (unpaired) electrons. The highest BCUT2D eigenvalue weighted by Gasteiger charge is 2.12. The molecule has 2 N–H and O–H groups in total. The fourth-order valence-electron chi connectivity index (χ4n) is 1.10. The number of benzene rings is 1. The van der Waals surface area contributed by atoms with Gasteiger partial charge in [0, 0.05) is 0 Å². The third-order valence-corrected chi connectivity index (χ3v) is 2.33. The van der Waals surface area contributed by atoms with E-state index >= 15 is 0 Å². The number of nitrogen functional groups attached to an aromatic ring is 1. The summed E-state index contributed by atoms with van der Waals surface area (Å²) >= 11 is 5.79. The number of hydrogen-bond acceptors (Lipinski definition) is 3. The van der Waals surface area contributed by atoms with Gasteiger partial charge < -0.3 is 10.5 Å². The number of unbranched alkanes of at least 4 members (excludes halogenated alkanes) is 1. The van der Waals surface area contributed by atoms with Crippen molar-refractivity contribution in [3.63, 3.8) is 0 Å². The van der Waals surface area contributed by atoms with Gasteiger partial charge in [0.25, 0.3) is 0 Å². The van der Waals surface area contributed by atoms with Gasteiger partial charge >= 0.3 is 5.97 Å². The minimum atomic E-state index is -0.413. The molecule has 3 nitrogen and oxygen atoms in total. The Morgan fingerprint density at radius 1 is 1.53 bits per heavy atom. The van der Waals surface area contributed by atoms with E-state index in [9.17, 15) is 4.79 Å². The average molecular weight is 228 g/mol. The second kappa shape index (κ2) is 5.61. The van der Waals surface area contributed by atoms with Crippen LogP contribution in [0, 0.1) is 0 Å². The van der Waals surface area contributed by atoms with Crippen LogP contribution in [-0.2, 0) is 4.74 Å². The molecule has 0 saturated carbocycles. The van der Waals surface area contributed by atoms with Crippen molar-refractivity contribution in [2.75, 3.05) is 12.3 Å². The van der Waals surface area contributed by atoms with Gasteiger partial charge in [-0.25, -0.2) is 4.79 Å². The molecular weight excluding hydrogens is 214 g/mol. The van der Waals surface area contributed by atoms with E-state index in [0.717, 1.165) is 12.8 Å². The minimum Gasteiger partial charge on any atom is -0.462 e. The zero-order chi connectivity index (χ0) is 11.3. The van der Waals surface area contributed by atoms with Crippen LogP contribution in [0.15, 0.2) is 18.2 Å². The Bertz CT molecular complexity index is 352. The highest BCUT2D eigenvalue weighted by Crippen LogP contribution is 2.22. The monoisotopic (exact) mass is 227 g/mol. The first-order valence-electron chi connectivity index (χ1n) is 4.88. The van der Waals surface area contributed by atoms with Crippen LogP contribution in [-0.4, -0.2) is 12.6 Å². The smallest absolute Gasteiger partial charge is 0.340 e. The predicted octanol–water partition coefficient (Wildman–Crippen LogP) is 2.88. The van der Waals surface area contributed by atoms with Crippen LogP contribution in [0.1, 0.15) is 30.1 Å². The summed E-state index contributed by atoms with van der Waals surface area (Å²) in [5, 5.41) is 0.375. The first-order valence-corrected chi connectivity index (χ1v) is 5.25. The van der Waals surface area contributed by atoms with Crippen molar-refractivity contribution in [1.29, 1.82) is 0 Å². The van der Waals surface area contributed by atoms with Gasteiger partial charge in [0.15, 0.2) is 0 Å². The van der Waals surface area contributed by atoms with Gasteiger partial charge in [-0.3, -0.25) is 0 Å². The van der Waals surface area contributed by atoms with E-state index in [1.165, 1.54) is 0 Å². The summed E-state index contributed by atoms with van der Waals surface area (Å²) in [7, 11) is 0. The largest absolute Gasteiger partial charge is 0.462 e. The quantitative estimate of drug-likeness (QED) is 0.489. The number of esters is 1. The fourth-order valence-corrected chi connectivity index (χ4v) is 1.28. The van der Waals surface area contributed by atoms with Crippen molar-refractivity contribution in [1.82, 2.24) is 0 Å². The van der Waals surface area contributed by atoms with E-state index in [1.54, 1.807) is 18.2 Å². The molecule has 82 valence electrons. The van der Waals surface area contributed by atoms with Crippen molar-refractivity contribution in [3.05, 3.63) is 28.8 Å². The molecule has 1 aromatic rings. The lowest BCUT2D eigenvalue weighted by Gasteiger charge is -2.07. The fraction of sp³-hybridized carbons (Fsp3) is 0.364. The summed E-state index contributed by atoms with van der Waals surface area (Å²) in [5.74, 6) is -0.413. The lowest BCUT2D eigenvalue weighted by Crippen LogP contribution is -2.09. The van der Waals surface area contributed by atoms with Crippen LogP contribution in [0.2, 0.25) is 5.02 Å². The molecule has 15 heavy (non-hydrogen) atoms. The second-order valence-corrected chi connectivity index (χ2v) is 3.60. The van der Waals surface area contributed by atoms with Crippen LogP contribution in [0.5, 0.6) is 0 Å². The summed E-state index contributed by atoms with van der Waals surface area (Å²) < 4.78 is 5.03. The Morgan fingerprint density at radius 3 is 2.93 bits per heavy atom. The maximum atomic E-state index is 11.5. The molecule has 0 saturated heterocycles. The molecule has 0 aliphatic carbocycles. The molecule has 0 aliphatic rings. The van der Waals surface area contributed by atoms with Crippen LogP contribution >= 0.6 is 11.6 Å². The van der Waals surface area contributed by atoms with E-state index in [0.29, 0.717) is 17.2 Å². The first kappa shape index (κ1) is 11.9. The summed E-state index contributed by atoms with van der Waals surface area (Å²) in [5.41, 5.74) is 6.27. The molecule has 0 aromatic heterocycles. The Kier molecular flexibility index (Phi) is 4.43. The summed E-state index contributed by atoms with van der Waals surface area (Å²) in [6.45, 7) is 2.45. The molecule has 1 aromatic carbocycles. The van der Waals surface area contributed by atoms with Gasteiger partial charge in [-0.2, -0.15) is 0 Å². The number of para-hydroxylation sites is 1. The Morgan fingerprint density at radius 2 is 2.27 bits per heavy atom. The predicted molar refractivity (Wildman–Crippen MR) is 61.1 cm³/mol. The number of nitrogens with two attached hydrogens (primary N) is 1. The Balaban J connectivity index is 2.69. The molecule has 0 spiro atoms. The number of carbonyl (C=O) groups is 1. The molecule has 0 aliphatic heterocycles. The lowest BCUT2D eigenvalue weighted by molar-refractivity contribution is 0.0501. The Hall–Kier alpha value is -1.22. The zero-order valence-electron chi connectivity index (χ0n) is 8.63. The molecule has 0 fully saturated rings. The second-order valence-electron chi connectivity index (χ2n) is 3.19. The van der Waals surface area contributed by atoms with Crippen molar-refractivity contribution in [3.8, 4) is 0 Å². The van der Waals surface area contributed by atoms with Crippen LogP contribution in [0.3, 0.4) is 0 Å². The highest BCUT2D eigenvalue weighted by molar-refractivity contribution is 6.33. The van der Waals surface area contributed by atoms with Crippen LogP contribution in [0.4, 0.5) is 5.69 Å². The van der Waals surface area contributed by atoms with E-state index < -0.39 is 5.97 Å². The normalized spacial score (nSPS) is 10.0. The number of ether oxygens (including phenoxy) is 1. The molecule has 4 heteroatoms. The number of rotatable bonds is 4. The maximum Gasteiger partial charge on any atom is 0.340 e. The van der Waals surface area contributed by atoms with E-state index in [-0.39, 0.29) is 5.69 Å². The molecule has 1 rings (SSSR count). The highest BCUT2D eigenvalue weighted by atomic mass is 35.5. The van der Waals surface area contributed by atoms with Gasteiger partial charge in [0.05, 0.1) is 22.9 Å². The van der Waals surface area contributed by atoms with Gasteiger partial charge in [0.2, 0.25) is 0 Å². The summed E-state index contributed by atoms with van der Waals surface area (Å²) in [6, 6.07) is 4.92. The third kappa shape index (κ3) is 3.13. The first-order chi connectivity index (χ1) is 7.16. The van der Waals surface area contributed by atoms with Gasteiger partial charge in [-0.15, -0.1) is 0 Å². The molecule has 0 unspecified atom stereocenters. The third-order valence-electron chi connectivity index (χ3n) is 2.00. The molecule has 0 atom stereocenters. The lowest BCUT2D eigenvalue weighted by atomic mass is 10.2. The zero-order valence-corrected chi connectivity index (χ0v) is 9.38. The van der Waals surface area contributed by atoms with E-state index in [4.69, 9.17) is 22.1 Å². The molecule has 0 amide bonds. The number of anilines is 1. The van der Waals surface area contributed by atoms with Crippen molar-refractivity contribution in [2.45, 2.75) is 19.8 Å². The summed E-state index contributed by atoms with van der Waals surface area (Å²) in [4.78, 5) is 11.5. The van der Waals surface area contributed by atoms with Crippen molar-refractivity contribution < 1.29 is 9.53 Å². The Labute approximate surface area is 94.2 Å². The topological polar surface area (TPSA) is 52.3 Å². The van der Waals surface area contributed by atoms with E-state index in [2.05, 4.69) is 0 Å². The van der Waals surface area contributed by atoms with Crippen molar-refractivity contribution in [2.24, 2.45) is 0 Å². The van der Waals surface area contributed by atoms with Gasteiger partial charge in [-0.05, 0) is 18.6 Å². The number of hydrogen-bond donors (Lipinski definition) is 1. The molecule has 0 bridgehead atoms. The van der Waals surface area contributed by atoms with Crippen molar-refractivity contribution >= 4 is 23.3 Å². The average Bonchev–Trinajstić information content (AvgIpc) is 2.22. The maximum absolute atomic E-state index is 11.5. The molecule has 0 heterocycles. The van der Waals surface area contributed by atoms with Gasteiger partial charge in [0.1, 0.15) is 0 Å². The number of halogens is 1. The van der Waals surface area contributed by atoms with Gasteiger partial charge in [-0.1, -0.05) is 31.0 Å².